The lowest BCUT2D eigenvalue weighted by molar-refractivity contribution is -0.130. The van der Waals surface area contributed by atoms with Crippen LogP contribution in [0.3, 0.4) is 0 Å². The molecule has 2 fully saturated rings. The first kappa shape index (κ1) is 12.9. The molecule has 3 unspecified atom stereocenters. The second kappa shape index (κ2) is 5.12. The summed E-state index contributed by atoms with van der Waals surface area (Å²) < 4.78 is 0. The number of carbonyl (C=O) groups is 1. The van der Waals surface area contributed by atoms with Gasteiger partial charge in [0.05, 0.1) is 12.1 Å². The number of aromatic nitrogens is 1. The van der Waals surface area contributed by atoms with E-state index in [0.29, 0.717) is 11.6 Å². The number of likely N-dealkylation sites (N-methyl/N-ethyl adjacent to an activating group) is 1. The monoisotopic (exact) mass is 279 g/mol. The van der Waals surface area contributed by atoms with Crippen LogP contribution in [-0.4, -0.2) is 29.4 Å². The fourth-order valence-electron chi connectivity index (χ4n) is 3.75. The topological polar surface area (TPSA) is 59.2 Å². The van der Waals surface area contributed by atoms with Gasteiger partial charge in [-0.2, -0.15) is 0 Å². The molecule has 2 bridgehead atoms. The molecule has 2 aliphatic carbocycles. The van der Waals surface area contributed by atoms with Gasteiger partial charge in [0.25, 0.3) is 0 Å². The molecule has 104 valence electrons. The molecule has 3 rings (SSSR count). The van der Waals surface area contributed by atoms with Gasteiger partial charge in [0.1, 0.15) is 0 Å². The number of amides is 1. The molecule has 3 atom stereocenters. The summed E-state index contributed by atoms with van der Waals surface area (Å²) in [4.78, 5) is 18.2. The highest BCUT2D eigenvalue weighted by molar-refractivity contribution is 7.13. The molecular weight excluding hydrogens is 258 g/mol. The van der Waals surface area contributed by atoms with E-state index in [1.54, 1.807) is 0 Å². The summed E-state index contributed by atoms with van der Waals surface area (Å²) >= 11 is 1.40. The molecule has 2 N–H and O–H groups in total. The van der Waals surface area contributed by atoms with E-state index in [1.807, 2.05) is 17.3 Å². The highest BCUT2D eigenvalue weighted by Gasteiger charge is 2.40. The van der Waals surface area contributed by atoms with Crippen molar-refractivity contribution in [3.63, 3.8) is 0 Å². The fourth-order valence-corrected chi connectivity index (χ4v) is 4.31. The van der Waals surface area contributed by atoms with Crippen molar-refractivity contribution in [2.75, 3.05) is 19.3 Å². The van der Waals surface area contributed by atoms with E-state index in [0.717, 1.165) is 30.0 Å². The van der Waals surface area contributed by atoms with E-state index in [2.05, 4.69) is 4.98 Å². The highest BCUT2D eigenvalue weighted by Crippen LogP contribution is 2.48. The number of anilines is 1. The SMILES string of the molecule is CN(CC1CC2CCC1C2)C(=O)Cc1csc(N)n1. The lowest BCUT2D eigenvalue weighted by Gasteiger charge is -2.27. The van der Waals surface area contributed by atoms with Crippen molar-refractivity contribution in [3.8, 4) is 0 Å². The third-order valence-electron chi connectivity index (χ3n) is 4.72. The predicted molar refractivity (Wildman–Crippen MR) is 76.8 cm³/mol. The number of thiazole rings is 1. The molecule has 0 radical (unpaired) electrons. The number of carbonyl (C=O) groups excluding carboxylic acids is 1. The molecule has 4 nitrogen and oxygen atoms in total. The zero-order valence-corrected chi connectivity index (χ0v) is 12.2. The lowest BCUT2D eigenvalue weighted by Crippen LogP contribution is -2.34. The lowest BCUT2D eigenvalue weighted by atomic mass is 9.88. The Balaban J connectivity index is 1.52. The Bertz CT molecular complexity index is 473. The quantitative estimate of drug-likeness (QED) is 0.919. The fraction of sp³-hybridized carbons (Fsp3) is 0.714. The summed E-state index contributed by atoms with van der Waals surface area (Å²) in [6.07, 6.45) is 5.89. The van der Waals surface area contributed by atoms with E-state index in [1.165, 1.54) is 37.0 Å². The van der Waals surface area contributed by atoms with Crippen LogP contribution in [0.5, 0.6) is 0 Å². The Labute approximate surface area is 118 Å². The molecule has 1 amide bonds. The molecule has 0 aromatic carbocycles. The van der Waals surface area contributed by atoms with E-state index < -0.39 is 0 Å². The summed E-state index contributed by atoms with van der Waals surface area (Å²) in [5.74, 6) is 2.70. The number of nitrogens with two attached hydrogens (primary N) is 1. The summed E-state index contributed by atoms with van der Waals surface area (Å²) in [6, 6.07) is 0. The molecule has 1 heterocycles. The van der Waals surface area contributed by atoms with Crippen LogP contribution in [-0.2, 0) is 11.2 Å². The predicted octanol–water partition coefficient (Wildman–Crippen LogP) is 2.16. The number of nitrogens with zero attached hydrogens (tertiary/aromatic N) is 2. The van der Waals surface area contributed by atoms with Crippen LogP contribution >= 0.6 is 11.3 Å². The first-order valence-electron chi connectivity index (χ1n) is 7.05. The van der Waals surface area contributed by atoms with Crippen molar-refractivity contribution in [3.05, 3.63) is 11.1 Å². The van der Waals surface area contributed by atoms with Gasteiger partial charge in [-0.25, -0.2) is 4.98 Å². The minimum Gasteiger partial charge on any atom is -0.375 e. The van der Waals surface area contributed by atoms with E-state index in [4.69, 9.17) is 5.73 Å². The zero-order valence-electron chi connectivity index (χ0n) is 11.3. The molecule has 5 heteroatoms. The van der Waals surface area contributed by atoms with Crippen LogP contribution in [0.4, 0.5) is 5.13 Å². The number of fused-ring (bicyclic) bond motifs is 2. The molecule has 2 aliphatic rings. The maximum Gasteiger partial charge on any atom is 0.228 e. The van der Waals surface area contributed by atoms with Gasteiger partial charge < -0.3 is 10.6 Å². The Morgan fingerprint density at radius 3 is 2.95 bits per heavy atom. The van der Waals surface area contributed by atoms with Crippen LogP contribution in [0, 0.1) is 17.8 Å². The Hall–Kier alpha value is -1.10. The third-order valence-corrected chi connectivity index (χ3v) is 5.44. The summed E-state index contributed by atoms with van der Waals surface area (Å²) in [5.41, 5.74) is 6.38. The molecule has 19 heavy (non-hydrogen) atoms. The molecule has 0 aliphatic heterocycles. The van der Waals surface area contributed by atoms with Gasteiger partial charge in [0.2, 0.25) is 5.91 Å². The second-order valence-electron chi connectivity index (χ2n) is 6.06. The van der Waals surface area contributed by atoms with E-state index >= 15 is 0 Å². The maximum atomic E-state index is 12.2. The Morgan fingerprint density at radius 1 is 1.53 bits per heavy atom. The van der Waals surface area contributed by atoms with E-state index in [-0.39, 0.29) is 5.91 Å². The van der Waals surface area contributed by atoms with Crippen molar-refractivity contribution in [2.24, 2.45) is 17.8 Å². The van der Waals surface area contributed by atoms with Gasteiger partial charge in [0, 0.05) is 19.0 Å². The number of hydrogen-bond donors (Lipinski definition) is 1. The molecule has 0 saturated heterocycles. The minimum atomic E-state index is 0.160. The van der Waals surface area contributed by atoms with Crippen LogP contribution in [0.2, 0.25) is 0 Å². The second-order valence-corrected chi connectivity index (χ2v) is 6.95. The van der Waals surface area contributed by atoms with Gasteiger partial charge >= 0.3 is 0 Å². The van der Waals surface area contributed by atoms with Gasteiger partial charge in [-0.3, -0.25) is 4.79 Å². The molecular formula is C14H21N3OS. The van der Waals surface area contributed by atoms with Crippen molar-refractivity contribution in [2.45, 2.75) is 32.1 Å². The van der Waals surface area contributed by atoms with Crippen LogP contribution in [0.1, 0.15) is 31.4 Å². The minimum absolute atomic E-state index is 0.160. The molecule has 2 saturated carbocycles. The number of hydrogen-bond acceptors (Lipinski definition) is 4. The van der Waals surface area contributed by atoms with Crippen molar-refractivity contribution < 1.29 is 4.79 Å². The van der Waals surface area contributed by atoms with E-state index in [9.17, 15) is 4.79 Å². The van der Waals surface area contributed by atoms with Crippen LogP contribution < -0.4 is 5.73 Å². The van der Waals surface area contributed by atoms with Gasteiger partial charge in [-0.15, -0.1) is 11.3 Å². The van der Waals surface area contributed by atoms with Crippen molar-refractivity contribution >= 4 is 22.4 Å². The van der Waals surface area contributed by atoms with Gasteiger partial charge in [-0.1, -0.05) is 6.42 Å². The number of nitrogen functional groups attached to an aromatic ring is 1. The molecule has 1 aromatic rings. The highest BCUT2D eigenvalue weighted by atomic mass is 32.1. The van der Waals surface area contributed by atoms with Gasteiger partial charge in [-0.05, 0) is 37.0 Å². The normalized spacial score (nSPS) is 28.8. The standard InChI is InChI=1S/C14H21N3OS/c1-17(7-11-5-9-2-3-10(11)4-9)13(18)6-12-8-19-14(15)16-12/h8-11H,2-7H2,1H3,(H2,15,16). The third kappa shape index (κ3) is 2.76. The van der Waals surface area contributed by atoms with Crippen LogP contribution in [0.25, 0.3) is 0 Å². The molecule has 1 aromatic heterocycles. The Morgan fingerprint density at radius 2 is 2.37 bits per heavy atom. The average Bonchev–Trinajstić information content (AvgIpc) is 3.06. The maximum absolute atomic E-state index is 12.2. The summed E-state index contributed by atoms with van der Waals surface area (Å²) in [6.45, 7) is 0.916. The first-order valence-corrected chi connectivity index (χ1v) is 7.93. The Kier molecular flexibility index (Phi) is 3.48. The van der Waals surface area contributed by atoms with Crippen molar-refractivity contribution in [1.82, 2.24) is 9.88 Å². The zero-order chi connectivity index (χ0) is 13.4. The van der Waals surface area contributed by atoms with Gasteiger partial charge in [0.15, 0.2) is 5.13 Å². The first-order chi connectivity index (χ1) is 9.11. The number of rotatable bonds is 4. The molecule has 0 spiro atoms. The summed E-state index contributed by atoms with van der Waals surface area (Å²) in [7, 11) is 1.92. The average molecular weight is 279 g/mol. The van der Waals surface area contributed by atoms with Crippen molar-refractivity contribution in [1.29, 1.82) is 0 Å². The van der Waals surface area contributed by atoms with Crippen LogP contribution in [0.15, 0.2) is 5.38 Å². The largest absolute Gasteiger partial charge is 0.375 e. The summed E-state index contributed by atoms with van der Waals surface area (Å²) in [5, 5.41) is 2.41. The smallest absolute Gasteiger partial charge is 0.228 e.